The van der Waals surface area contributed by atoms with Crippen molar-refractivity contribution in [2.24, 2.45) is 17.3 Å². The second-order valence-electron chi connectivity index (χ2n) is 5.63. The zero-order valence-corrected chi connectivity index (χ0v) is 11.4. The first-order valence-electron chi connectivity index (χ1n) is 5.21. The molecule has 0 bridgehead atoms. The summed E-state index contributed by atoms with van der Waals surface area (Å²) in [6.45, 7) is 16.5. The van der Waals surface area contributed by atoms with E-state index in [0.717, 1.165) is 11.8 Å². The molecule has 0 heterocycles. The van der Waals surface area contributed by atoms with Gasteiger partial charge in [-0.2, -0.15) is 11.8 Å². The fraction of sp³-hybridized carbons (Fsp3) is 1.00. The van der Waals surface area contributed by atoms with Crippen LogP contribution >= 0.6 is 11.8 Å². The molecule has 0 aliphatic heterocycles. The topological polar surface area (TPSA) is 0 Å². The van der Waals surface area contributed by atoms with E-state index in [1.807, 2.05) is 11.8 Å². The van der Waals surface area contributed by atoms with Crippen LogP contribution in [0.15, 0.2) is 0 Å². The van der Waals surface area contributed by atoms with Gasteiger partial charge in [0.05, 0.1) is 0 Å². The average molecular weight is 202 g/mol. The monoisotopic (exact) mass is 202 g/mol. The maximum absolute atomic E-state index is 2.40. The summed E-state index contributed by atoms with van der Waals surface area (Å²) in [4.78, 5) is 0. The highest BCUT2D eigenvalue weighted by atomic mass is 32.2. The van der Waals surface area contributed by atoms with Crippen molar-refractivity contribution in [3.05, 3.63) is 0 Å². The maximum Gasteiger partial charge on any atom is 0.0182 e. The van der Waals surface area contributed by atoms with Crippen molar-refractivity contribution in [3.63, 3.8) is 0 Å². The highest BCUT2D eigenvalue weighted by molar-refractivity contribution is 8.00. The third-order valence-electron chi connectivity index (χ3n) is 3.75. The summed E-state index contributed by atoms with van der Waals surface area (Å²) in [5.41, 5.74) is 0.405. The Morgan fingerprint density at radius 3 is 1.38 bits per heavy atom. The third-order valence-corrected chi connectivity index (χ3v) is 5.45. The molecule has 0 aliphatic rings. The standard InChI is InChI=1S/C12H26S/c1-9(2)12(7,13-8)10(3)11(4,5)6/h9-10H,1-8H3. The molecule has 2 atom stereocenters. The van der Waals surface area contributed by atoms with Crippen molar-refractivity contribution in [1.82, 2.24) is 0 Å². The van der Waals surface area contributed by atoms with Crippen LogP contribution in [0.3, 0.4) is 0 Å². The molecule has 0 N–H and O–H groups in total. The number of thioether (sulfide) groups is 1. The number of hydrogen-bond acceptors (Lipinski definition) is 1. The van der Waals surface area contributed by atoms with E-state index >= 15 is 0 Å². The van der Waals surface area contributed by atoms with Crippen molar-refractivity contribution in [2.45, 2.75) is 53.2 Å². The second kappa shape index (κ2) is 4.25. The van der Waals surface area contributed by atoms with E-state index in [1.165, 1.54) is 0 Å². The molecular weight excluding hydrogens is 176 g/mol. The van der Waals surface area contributed by atoms with Gasteiger partial charge in [-0.15, -0.1) is 0 Å². The molecule has 0 aromatic carbocycles. The molecule has 0 aliphatic carbocycles. The minimum atomic E-state index is 0.401. The predicted molar refractivity (Wildman–Crippen MR) is 65.4 cm³/mol. The van der Waals surface area contributed by atoms with Gasteiger partial charge in [0.2, 0.25) is 0 Å². The fourth-order valence-electron chi connectivity index (χ4n) is 1.77. The van der Waals surface area contributed by atoms with Crippen LogP contribution in [0.4, 0.5) is 0 Å². The van der Waals surface area contributed by atoms with Gasteiger partial charge >= 0.3 is 0 Å². The molecule has 0 amide bonds. The van der Waals surface area contributed by atoms with Gasteiger partial charge < -0.3 is 0 Å². The van der Waals surface area contributed by atoms with Crippen molar-refractivity contribution in [1.29, 1.82) is 0 Å². The third kappa shape index (κ3) is 2.90. The van der Waals surface area contributed by atoms with E-state index in [0.29, 0.717) is 10.2 Å². The van der Waals surface area contributed by atoms with Crippen LogP contribution in [0.1, 0.15) is 48.5 Å². The summed E-state index contributed by atoms with van der Waals surface area (Å²) in [6, 6.07) is 0. The lowest BCUT2D eigenvalue weighted by Gasteiger charge is -2.44. The fourth-order valence-corrected chi connectivity index (χ4v) is 2.95. The molecule has 0 rings (SSSR count). The number of rotatable bonds is 3. The molecule has 0 saturated carbocycles. The second-order valence-corrected chi connectivity index (χ2v) is 6.92. The van der Waals surface area contributed by atoms with Crippen LogP contribution < -0.4 is 0 Å². The Hall–Kier alpha value is 0.350. The first-order valence-corrected chi connectivity index (χ1v) is 6.44. The van der Waals surface area contributed by atoms with E-state index in [1.54, 1.807) is 0 Å². The lowest BCUT2D eigenvalue weighted by Crippen LogP contribution is -2.41. The highest BCUT2D eigenvalue weighted by Crippen LogP contribution is 2.45. The minimum absolute atomic E-state index is 0.401. The Morgan fingerprint density at radius 2 is 1.31 bits per heavy atom. The van der Waals surface area contributed by atoms with Gasteiger partial charge in [0.25, 0.3) is 0 Å². The zero-order valence-electron chi connectivity index (χ0n) is 10.6. The van der Waals surface area contributed by atoms with Crippen molar-refractivity contribution in [3.8, 4) is 0 Å². The summed E-state index contributed by atoms with van der Waals surface area (Å²) in [7, 11) is 0. The van der Waals surface area contributed by atoms with E-state index < -0.39 is 0 Å². The lowest BCUT2D eigenvalue weighted by atomic mass is 9.70. The van der Waals surface area contributed by atoms with E-state index in [-0.39, 0.29) is 0 Å². The molecule has 0 aromatic rings. The highest BCUT2D eigenvalue weighted by Gasteiger charge is 2.39. The van der Waals surface area contributed by atoms with Crippen molar-refractivity contribution < 1.29 is 0 Å². The quantitative estimate of drug-likeness (QED) is 0.651. The summed E-state index contributed by atoms with van der Waals surface area (Å²) in [5.74, 6) is 1.46. The largest absolute Gasteiger partial charge is 0.158 e. The Balaban J connectivity index is 4.77. The Kier molecular flexibility index (Phi) is 4.36. The summed E-state index contributed by atoms with van der Waals surface area (Å²) in [6.07, 6.45) is 2.24. The molecule has 2 unspecified atom stereocenters. The molecule has 1 heteroatoms. The summed E-state index contributed by atoms with van der Waals surface area (Å²) < 4.78 is 0.401. The van der Waals surface area contributed by atoms with Crippen LogP contribution in [0.25, 0.3) is 0 Å². The van der Waals surface area contributed by atoms with Gasteiger partial charge in [-0.25, -0.2) is 0 Å². The summed E-state index contributed by atoms with van der Waals surface area (Å²) >= 11 is 2.02. The molecule has 0 nitrogen and oxygen atoms in total. The van der Waals surface area contributed by atoms with E-state index in [4.69, 9.17) is 0 Å². The van der Waals surface area contributed by atoms with Crippen LogP contribution in [-0.4, -0.2) is 11.0 Å². The molecular formula is C12H26S. The minimum Gasteiger partial charge on any atom is -0.158 e. The summed E-state index contributed by atoms with van der Waals surface area (Å²) in [5, 5.41) is 0. The van der Waals surface area contributed by atoms with Gasteiger partial charge in [0.15, 0.2) is 0 Å². The van der Waals surface area contributed by atoms with Crippen molar-refractivity contribution in [2.75, 3.05) is 6.26 Å². The van der Waals surface area contributed by atoms with Gasteiger partial charge in [0, 0.05) is 4.75 Å². The normalized spacial score (nSPS) is 20.1. The molecule has 0 spiro atoms. The van der Waals surface area contributed by atoms with Gasteiger partial charge in [0.1, 0.15) is 0 Å². The molecule has 0 fully saturated rings. The van der Waals surface area contributed by atoms with E-state index in [9.17, 15) is 0 Å². The van der Waals surface area contributed by atoms with E-state index in [2.05, 4.69) is 54.7 Å². The molecule has 13 heavy (non-hydrogen) atoms. The SMILES string of the molecule is CSC(C)(C(C)C)C(C)C(C)(C)C. The Labute approximate surface area is 88.9 Å². The first-order chi connectivity index (χ1) is 5.66. The van der Waals surface area contributed by atoms with Crippen LogP contribution in [-0.2, 0) is 0 Å². The van der Waals surface area contributed by atoms with Crippen LogP contribution in [0.2, 0.25) is 0 Å². The predicted octanol–water partition coefficient (Wildman–Crippen LogP) is 4.45. The van der Waals surface area contributed by atoms with Gasteiger partial charge in [-0.3, -0.25) is 0 Å². The molecule has 0 radical (unpaired) electrons. The van der Waals surface area contributed by atoms with Crippen molar-refractivity contribution >= 4 is 11.8 Å². The lowest BCUT2D eigenvalue weighted by molar-refractivity contribution is 0.179. The first kappa shape index (κ1) is 13.4. The van der Waals surface area contributed by atoms with Gasteiger partial charge in [-0.1, -0.05) is 41.5 Å². The average Bonchev–Trinajstić information content (AvgIpc) is 1.99. The molecule has 0 aromatic heterocycles. The molecule has 0 saturated heterocycles. The van der Waals surface area contributed by atoms with Crippen LogP contribution in [0.5, 0.6) is 0 Å². The molecule has 80 valence electrons. The smallest absolute Gasteiger partial charge is 0.0182 e. The Bertz CT molecular complexity index is 155. The van der Waals surface area contributed by atoms with Crippen LogP contribution in [0, 0.1) is 17.3 Å². The number of hydrogen-bond donors (Lipinski definition) is 0. The van der Waals surface area contributed by atoms with Gasteiger partial charge in [-0.05, 0) is 30.4 Å². The Morgan fingerprint density at radius 1 is 0.923 bits per heavy atom. The maximum atomic E-state index is 2.40. The zero-order chi connectivity index (χ0) is 10.9.